The van der Waals surface area contributed by atoms with Crippen LogP contribution < -0.4 is 0 Å². The minimum atomic E-state index is 0.0946. The lowest BCUT2D eigenvalue weighted by Crippen LogP contribution is -2.49. The van der Waals surface area contributed by atoms with Crippen molar-refractivity contribution >= 4 is 5.91 Å². The topological polar surface area (TPSA) is 20.3 Å². The Bertz CT molecular complexity index is 342. The second-order valence-electron chi connectivity index (χ2n) is 7.54. The van der Waals surface area contributed by atoms with Gasteiger partial charge in [-0.05, 0) is 62.7 Å². The average molecular weight is 247 g/mol. The van der Waals surface area contributed by atoms with Crippen LogP contribution in [0.3, 0.4) is 0 Å². The van der Waals surface area contributed by atoms with Crippen molar-refractivity contribution in [3.8, 4) is 0 Å². The molecule has 4 saturated carbocycles. The van der Waals surface area contributed by atoms with Crippen LogP contribution in [0.15, 0.2) is 0 Å². The maximum absolute atomic E-state index is 13.0. The van der Waals surface area contributed by atoms with Crippen molar-refractivity contribution in [2.24, 2.45) is 23.2 Å². The monoisotopic (exact) mass is 247 g/mol. The van der Waals surface area contributed by atoms with E-state index in [1.165, 1.54) is 57.8 Å². The number of likely N-dealkylation sites (tertiary alicyclic amines) is 1. The average Bonchev–Trinajstić information content (AvgIpc) is 2.80. The summed E-state index contributed by atoms with van der Waals surface area (Å²) in [5, 5.41) is 0. The van der Waals surface area contributed by atoms with Gasteiger partial charge in [-0.1, -0.05) is 12.8 Å². The Morgan fingerprint density at radius 2 is 1.44 bits per heavy atom. The highest BCUT2D eigenvalue weighted by molar-refractivity contribution is 5.83. The molecule has 1 saturated heterocycles. The van der Waals surface area contributed by atoms with E-state index < -0.39 is 0 Å². The van der Waals surface area contributed by atoms with Crippen molar-refractivity contribution in [2.45, 2.75) is 57.8 Å². The minimum absolute atomic E-state index is 0.0946. The fraction of sp³-hybridized carbons (Fsp3) is 0.938. The largest absolute Gasteiger partial charge is 0.342 e. The maximum atomic E-state index is 13.0. The Hall–Kier alpha value is -0.530. The van der Waals surface area contributed by atoms with Gasteiger partial charge >= 0.3 is 0 Å². The number of carbonyl (C=O) groups excluding carboxylic acids is 1. The van der Waals surface area contributed by atoms with Crippen molar-refractivity contribution in [1.29, 1.82) is 0 Å². The third kappa shape index (κ3) is 1.64. The summed E-state index contributed by atoms with van der Waals surface area (Å²) in [4.78, 5) is 15.2. The van der Waals surface area contributed by atoms with Crippen LogP contribution in [0, 0.1) is 23.2 Å². The molecule has 0 radical (unpaired) electrons. The zero-order valence-corrected chi connectivity index (χ0v) is 11.4. The Morgan fingerprint density at radius 3 is 2.06 bits per heavy atom. The number of amides is 1. The van der Waals surface area contributed by atoms with Crippen LogP contribution in [0.25, 0.3) is 0 Å². The van der Waals surface area contributed by atoms with Crippen molar-refractivity contribution in [2.75, 3.05) is 13.1 Å². The smallest absolute Gasteiger partial charge is 0.228 e. The van der Waals surface area contributed by atoms with E-state index in [0.717, 1.165) is 30.8 Å². The van der Waals surface area contributed by atoms with E-state index >= 15 is 0 Å². The normalized spacial score (nSPS) is 46.4. The molecular weight excluding hydrogens is 222 g/mol. The predicted octanol–water partition coefficient (Wildman–Crippen LogP) is 3.22. The first-order chi connectivity index (χ1) is 8.75. The molecule has 5 fully saturated rings. The van der Waals surface area contributed by atoms with Crippen LogP contribution in [0.2, 0.25) is 0 Å². The molecule has 5 aliphatic rings. The van der Waals surface area contributed by atoms with Crippen LogP contribution in [-0.4, -0.2) is 23.9 Å². The van der Waals surface area contributed by atoms with Gasteiger partial charge in [0.2, 0.25) is 5.91 Å². The SMILES string of the molecule is O=C(N1CCCC1)C12CC3C[C@H](CC[C@@H](C3)C1)C2. The number of nitrogens with zero attached hydrogens (tertiary/aromatic N) is 1. The molecule has 0 N–H and O–H groups in total. The molecule has 0 aromatic carbocycles. The second-order valence-corrected chi connectivity index (χ2v) is 7.54. The van der Waals surface area contributed by atoms with Crippen molar-refractivity contribution in [1.82, 2.24) is 4.90 Å². The molecule has 2 atom stereocenters. The van der Waals surface area contributed by atoms with Crippen LogP contribution in [0.5, 0.6) is 0 Å². The summed E-state index contributed by atoms with van der Waals surface area (Å²) in [5.74, 6) is 3.20. The molecule has 2 nitrogen and oxygen atoms in total. The molecule has 1 amide bonds. The molecule has 0 unspecified atom stereocenters. The summed E-state index contributed by atoms with van der Waals surface area (Å²) in [6.07, 6.45) is 11.9. The molecule has 4 bridgehead atoms. The third-order valence-electron chi connectivity index (χ3n) is 6.20. The molecule has 0 aromatic heterocycles. The Labute approximate surface area is 110 Å². The van der Waals surface area contributed by atoms with E-state index in [-0.39, 0.29) is 5.41 Å². The summed E-state index contributed by atoms with van der Waals surface area (Å²) in [6.45, 7) is 2.08. The van der Waals surface area contributed by atoms with E-state index in [1.807, 2.05) is 0 Å². The zero-order valence-electron chi connectivity index (χ0n) is 11.4. The Balaban J connectivity index is 1.63. The molecule has 4 aliphatic carbocycles. The van der Waals surface area contributed by atoms with E-state index in [1.54, 1.807) is 0 Å². The van der Waals surface area contributed by atoms with Crippen LogP contribution in [-0.2, 0) is 4.79 Å². The standard InChI is InChI=1S/C16H25NO/c18-15(17-5-1-2-6-17)16-9-12-3-4-13(10-16)8-14(7-12)11-16/h12-14H,1-11H2/t12-,13-,14?,16?/m0/s1. The number of hydrogen-bond donors (Lipinski definition) is 0. The fourth-order valence-corrected chi connectivity index (χ4v) is 5.71. The zero-order chi connectivity index (χ0) is 12.2. The number of hydrogen-bond acceptors (Lipinski definition) is 1. The van der Waals surface area contributed by atoms with Crippen molar-refractivity contribution in [3.05, 3.63) is 0 Å². The molecule has 100 valence electrons. The first-order valence-electron chi connectivity index (χ1n) is 8.05. The molecule has 1 aliphatic heterocycles. The number of fused-ring (bicyclic) bond motifs is 1. The highest BCUT2D eigenvalue weighted by Gasteiger charge is 2.53. The van der Waals surface area contributed by atoms with Gasteiger partial charge in [0.15, 0.2) is 0 Å². The highest BCUT2D eigenvalue weighted by Crippen LogP contribution is 2.58. The lowest BCUT2D eigenvalue weighted by atomic mass is 9.58. The quantitative estimate of drug-likeness (QED) is 0.696. The molecule has 5 rings (SSSR count). The van der Waals surface area contributed by atoms with Gasteiger partial charge in [-0.2, -0.15) is 0 Å². The molecule has 0 spiro atoms. The lowest BCUT2D eigenvalue weighted by Gasteiger charge is -2.48. The molecule has 2 heteroatoms. The van der Waals surface area contributed by atoms with Crippen LogP contribution in [0.4, 0.5) is 0 Å². The van der Waals surface area contributed by atoms with Gasteiger partial charge in [-0.25, -0.2) is 0 Å². The minimum Gasteiger partial charge on any atom is -0.342 e. The highest BCUT2D eigenvalue weighted by atomic mass is 16.2. The van der Waals surface area contributed by atoms with Gasteiger partial charge in [0.1, 0.15) is 0 Å². The molecule has 0 aromatic rings. The maximum Gasteiger partial charge on any atom is 0.228 e. The van der Waals surface area contributed by atoms with Gasteiger partial charge < -0.3 is 4.90 Å². The van der Waals surface area contributed by atoms with Crippen molar-refractivity contribution in [3.63, 3.8) is 0 Å². The number of rotatable bonds is 1. The fourth-order valence-electron chi connectivity index (χ4n) is 5.71. The Kier molecular flexibility index (Phi) is 2.50. The summed E-state index contributed by atoms with van der Waals surface area (Å²) >= 11 is 0. The van der Waals surface area contributed by atoms with Crippen molar-refractivity contribution < 1.29 is 4.79 Å². The van der Waals surface area contributed by atoms with Crippen LogP contribution >= 0.6 is 0 Å². The predicted molar refractivity (Wildman–Crippen MR) is 71.0 cm³/mol. The molecule has 1 heterocycles. The van der Waals surface area contributed by atoms with E-state index in [0.29, 0.717) is 5.91 Å². The summed E-state index contributed by atoms with van der Waals surface area (Å²) in [7, 11) is 0. The third-order valence-corrected chi connectivity index (χ3v) is 6.20. The van der Waals surface area contributed by atoms with Gasteiger partial charge in [0.25, 0.3) is 0 Å². The second kappa shape index (κ2) is 3.98. The summed E-state index contributed by atoms with van der Waals surface area (Å²) in [6, 6.07) is 0. The van der Waals surface area contributed by atoms with Gasteiger partial charge in [-0.3, -0.25) is 4.79 Å². The van der Waals surface area contributed by atoms with Gasteiger partial charge in [0, 0.05) is 13.1 Å². The van der Waals surface area contributed by atoms with E-state index in [9.17, 15) is 4.79 Å². The Morgan fingerprint density at radius 1 is 0.889 bits per heavy atom. The lowest BCUT2D eigenvalue weighted by molar-refractivity contribution is -0.149. The van der Waals surface area contributed by atoms with E-state index in [4.69, 9.17) is 0 Å². The van der Waals surface area contributed by atoms with E-state index in [2.05, 4.69) is 4.90 Å². The number of carbonyl (C=O) groups is 1. The first-order valence-corrected chi connectivity index (χ1v) is 8.05. The summed E-state index contributed by atoms with van der Waals surface area (Å²) in [5.41, 5.74) is 0.0946. The molecule has 18 heavy (non-hydrogen) atoms. The van der Waals surface area contributed by atoms with Gasteiger partial charge in [0.05, 0.1) is 5.41 Å². The van der Waals surface area contributed by atoms with Crippen LogP contribution in [0.1, 0.15) is 57.8 Å². The summed E-state index contributed by atoms with van der Waals surface area (Å²) < 4.78 is 0. The van der Waals surface area contributed by atoms with Gasteiger partial charge in [-0.15, -0.1) is 0 Å². The molecular formula is C16H25NO. The first kappa shape index (κ1) is 11.3.